The molecule has 4 heterocycles. The first kappa shape index (κ1) is 13.8. The van der Waals surface area contributed by atoms with Gasteiger partial charge in [-0.25, -0.2) is 15.0 Å². The predicted octanol–water partition coefficient (Wildman–Crippen LogP) is -0.182. The van der Waals surface area contributed by atoms with E-state index < -0.39 is 18.1 Å². The molecule has 118 valence electrons. The molecule has 3 N–H and O–H groups in total. The van der Waals surface area contributed by atoms with Crippen molar-refractivity contribution in [1.82, 2.24) is 19.5 Å². The van der Waals surface area contributed by atoms with Crippen LogP contribution in [-0.4, -0.2) is 55.3 Å². The second-order valence-corrected chi connectivity index (χ2v) is 5.90. The fraction of sp³-hybridized carbons (Fsp3) is 0.615. The molecular weight excluding hydrogens is 290 g/mol. The minimum absolute atomic E-state index is 0.152. The summed E-state index contributed by atoms with van der Waals surface area (Å²) in [4.78, 5) is 12.4. The van der Waals surface area contributed by atoms with Crippen LogP contribution in [0.3, 0.4) is 0 Å². The Bertz CT molecular complexity index is 718. The maximum atomic E-state index is 9.52. The van der Waals surface area contributed by atoms with Gasteiger partial charge in [0.1, 0.15) is 30.2 Å². The molecule has 0 radical (unpaired) electrons. The number of anilines is 1. The van der Waals surface area contributed by atoms with Crippen molar-refractivity contribution in [3.05, 3.63) is 12.7 Å². The number of ether oxygens (including phenoxy) is 3. The van der Waals surface area contributed by atoms with Crippen LogP contribution in [0.4, 0.5) is 5.82 Å². The lowest BCUT2D eigenvalue weighted by Gasteiger charge is -2.24. The minimum atomic E-state index is -0.727. The standard InChI is InChI=1S/C13H17N5O4/c1-13(2)21-8-6(3-19)20-12(9(8)22-13)18-5-17-7-10(14)15-4-16-11(7)18/h4-6,8-9,12,19H,3H2,1-2H3,(H2,14,15,16)/t6-,8?,9?,12+/m1/s1. The number of aliphatic hydroxyl groups excluding tert-OH is 1. The van der Waals surface area contributed by atoms with Crippen molar-refractivity contribution >= 4 is 17.0 Å². The van der Waals surface area contributed by atoms with Gasteiger partial charge in [0, 0.05) is 0 Å². The molecule has 2 fully saturated rings. The van der Waals surface area contributed by atoms with E-state index in [1.165, 1.54) is 6.33 Å². The molecule has 2 saturated heterocycles. The van der Waals surface area contributed by atoms with Crippen LogP contribution in [0.1, 0.15) is 20.1 Å². The lowest BCUT2D eigenvalue weighted by molar-refractivity contribution is -0.199. The van der Waals surface area contributed by atoms with E-state index in [-0.39, 0.29) is 18.8 Å². The van der Waals surface area contributed by atoms with E-state index >= 15 is 0 Å². The zero-order chi connectivity index (χ0) is 15.5. The first-order valence-corrected chi connectivity index (χ1v) is 7.05. The Morgan fingerprint density at radius 1 is 1.27 bits per heavy atom. The van der Waals surface area contributed by atoms with Crippen LogP contribution in [0.15, 0.2) is 12.7 Å². The van der Waals surface area contributed by atoms with Gasteiger partial charge in [0.2, 0.25) is 0 Å². The molecule has 4 atom stereocenters. The fourth-order valence-corrected chi connectivity index (χ4v) is 3.09. The highest BCUT2D eigenvalue weighted by molar-refractivity contribution is 5.81. The number of nitrogens with zero attached hydrogens (tertiary/aromatic N) is 4. The van der Waals surface area contributed by atoms with Crippen molar-refractivity contribution < 1.29 is 19.3 Å². The molecule has 0 bridgehead atoms. The summed E-state index contributed by atoms with van der Waals surface area (Å²) in [5.74, 6) is -0.421. The van der Waals surface area contributed by atoms with Crippen molar-refractivity contribution in [1.29, 1.82) is 0 Å². The Kier molecular flexibility index (Phi) is 2.89. The van der Waals surface area contributed by atoms with E-state index in [9.17, 15) is 5.11 Å². The zero-order valence-electron chi connectivity index (χ0n) is 12.2. The molecule has 2 aromatic rings. The normalized spacial score (nSPS) is 33.4. The van der Waals surface area contributed by atoms with E-state index in [1.54, 1.807) is 10.9 Å². The molecule has 9 nitrogen and oxygen atoms in total. The van der Waals surface area contributed by atoms with Gasteiger partial charge in [-0.05, 0) is 13.8 Å². The van der Waals surface area contributed by atoms with Crippen molar-refractivity contribution in [2.45, 2.75) is 44.2 Å². The van der Waals surface area contributed by atoms with Crippen LogP contribution in [0.25, 0.3) is 11.2 Å². The van der Waals surface area contributed by atoms with Crippen LogP contribution in [0.5, 0.6) is 0 Å². The lowest BCUT2D eigenvalue weighted by atomic mass is 10.1. The summed E-state index contributed by atoms with van der Waals surface area (Å²) in [5.41, 5.74) is 6.87. The summed E-state index contributed by atoms with van der Waals surface area (Å²) in [6, 6.07) is 0. The van der Waals surface area contributed by atoms with E-state index in [0.29, 0.717) is 17.0 Å². The van der Waals surface area contributed by atoms with Gasteiger partial charge < -0.3 is 25.1 Å². The Hall–Kier alpha value is -1.81. The van der Waals surface area contributed by atoms with Gasteiger partial charge in [0.15, 0.2) is 23.5 Å². The Labute approximate surface area is 126 Å². The first-order valence-electron chi connectivity index (χ1n) is 7.05. The van der Waals surface area contributed by atoms with E-state index in [4.69, 9.17) is 19.9 Å². The van der Waals surface area contributed by atoms with Crippen LogP contribution in [0.2, 0.25) is 0 Å². The summed E-state index contributed by atoms with van der Waals surface area (Å²) in [6.07, 6.45) is 1.30. The summed E-state index contributed by atoms with van der Waals surface area (Å²) in [7, 11) is 0. The molecule has 0 aromatic carbocycles. The van der Waals surface area contributed by atoms with Crippen LogP contribution < -0.4 is 5.73 Å². The molecule has 2 unspecified atom stereocenters. The highest BCUT2D eigenvalue weighted by atomic mass is 16.8. The maximum Gasteiger partial charge on any atom is 0.167 e. The molecule has 22 heavy (non-hydrogen) atoms. The van der Waals surface area contributed by atoms with Gasteiger partial charge in [0.25, 0.3) is 0 Å². The number of fused-ring (bicyclic) bond motifs is 2. The van der Waals surface area contributed by atoms with E-state index in [0.717, 1.165) is 0 Å². The quantitative estimate of drug-likeness (QED) is 0.784. The smallest absolute Gasteiger partial charge is 0.167 e. The molecule has 0 spiro atoms. The van der Waals surface area contributed by atoms with Gasteiger partial charge in [-0.3, -0.25) is 4.57 Å². The van der Waals surface area contributed by atoms with Gasteiger partial charge in [-0.2, -0.15) is 0 Å². The predicted molar refractivity (Wildman–Crippen MR) is 74.6 cm³/mol. The van der Waals surface area contributed by atoms with Crippen molar-refractivity contribution in [3.8, 4) is 0 Å². The minimum Gasteiger partial charge on any atom is -0.394 e. The third-order valence-corrected chi connectivity index (χ3v) is 3.97. The van der Waals surface area contributed by atoms with Gasteiger partial charge in [0.05, 0.1) is 12.9 Å². The molecule has 4 rings (SSSR count). The molecular formula is C13H17N5O4. The topological polar surface area (TPSA) is 118 Å². The average molecular weight is 307 g/mol. The average Bonchev–Trinajstić information content (AvgIpc) is 3.10. The fourth-order valence-electron chi connectivity index (χ4n) is 3.09. The molecule has 0 saturated carbocycles. The number of nitrogens with two attached hydrogens (primary N) is 1. The molecule has 2 aromatic heterocycles. The summed E-state index contributed by atoms with van der Waals surface area (Å²) >= 11 is 0. The second-order valence-electron chi connectivity index (χ2n) is 5.90. The highest BCUT2D eigenvalue weighted by Gasteiger charge is 2.55. The number of aromatic nitrogens is 4. The largest absolute Gasteiger partial charge is 0.394 e. The summed E-state index contributed by atoms with van der Waals surface area (Å²) in [5, 5.41) is 9.52. The number of hydrogen-bond acceptors (Lipinski definition) is 8. The molecule has 0 aliphatic carbocycles. The van der Waals surface area contributed by atoms with E-state index in [1.807, 2.05) is 13.8 Å². The zero-order valence-corrected chi connectivity index (χ0v) is 12.2. The third kappa shape index (κ3) is 1.90. The van der Waals surface area contributed by atoms with Crippen molar-refractivity contribution in [2.75, 3.05) is 12.3 Å². The molecule has 0 amide bonds. The molecule has 9 heteroatoms. The summed E-state index contributed by atoms with van der Waals surface area (Å²) in [6.45, 7) is 3.52. The van der Waals surface area contributed by atoms with Gasteiger partial charge >= 0.3 is 0 Å². The Morgan fingerprint density at radius 3 is 2.82 bits per heavy atom. The Balaban J connectivity index is 1.77. The SMILES string of the molecule is CC1(C)OC2C(O1)[C@@H](n1cnc3c(N)ncnc31)O[C@@H]2CO. The van der Waals surface area contributed by atoms with Gasteiger partial charge in [-0.15, -0.1) is 0 Å². The van der Waals surface area contributed by atoms with Crippen LogP contribution in [-0.2, 0) is 14.2 Å². The Morgan fingerprint density at radius 2 is 2.05 bits per heavy atom. The third-order valence-electron chi connectivity index (χ3n) is 3.97. The van der Waals surface area contributed by atoms with Crippen LogP contribution in [0, 0.1) is 0 Å². The second kappa shape index (κ2) is 4.59. The maximum absolute atomic E-state index is 9.52. The van der Waals surface area contributed by atoms with Crippen molar-refractivity contribution in [2.24, 2.45) is 0 Å². The monoisotopic (exact) mass is 307 g/mol. The number of aliphatic hydroxyl groups is 1. The lowest BCUT2D eigenvalue weighted by Crippen LogP contribution is -2.31. The number of rotatable bonds is 2. The molecule has 2 aliphatic heterocycles. The number of hydrogen-bond donors (Lipinski definition) is 2. The summed E-state index contributed by atoms with van der Waals surface area (Å²) < 4.78 is 19.4. The highest BCUT2D eigenvalue weighted by Crippen LogP contribution is 2.43. The van der Waals surface area contributed by atoms with Gasteiger partial charge in [-0.1, -0.05) is 0 Å². The molecule has 2 aliphatic rings. The number of nitrogen functional groups attached to an aromatic ring is 1. The van der Waals surface area contributed by atoms with E-state index in [2.05, 4.69) is 15.0 Å². The van der Waals surface area contributed by atoms with Crippen molar-refractivity contribution in [3.63, 3.8) is 0 Å². The number of imidazole rings is 1. The van der Waals surface area contributed by atoms with Crippen LogP contribution >= 0.6 is 0 Å². The first-order chi connectivity index (χ1) is 10.5.